The minimum absolute atomic E-state index is 0.102. The Labute approximate surface area is 139 Å². The molecule has 1 aromatic rings. The molecular weight excluding hydrogens is 340 g/mol. The topological polar surface area (TPSA) is 120 Å². The van der Waals surface area contributed by atoms with E-state index in [1.165, 1.54) is 6.07 Å². The van der Waals surface area contributed by atoms with Crippen molar-refractivity contribution in [2.75, 3.05) is 32.2 Å². The Balaban J connectivity index is 1.78. The highest BCUT2D eigenvalue weighted by atomic mass is 32.2. The normalized spacial score (nSPS) is 12.7. The summed E-state index contributed by atoms with van der Waals surface area (Å²) in [6.45, 7) is 1.35. The zero-order valence-corrected chi connectivity index (χ0v) is 13.9. The van der Waals surface area contributed by atoms with Gasteiger partial charge in [0.15, 0.2) is 11.5 Å². The molecule has 24 heavy (non-hydrogen) atoms. The van der Waals surface area contributed by atoms with Gasteiger partial charge in [0.2, 0.25) is 16.8 Å². The van der Waals surface area contributed by atoms with Crippen LogP contribution >= 0.6 is 0 Å². The number of nitrogens with one attached hydrogen (secondary N) is 2. The fourth-order valence-electron chi connectivity index (χ4n) is 1.89. The fraction of sp³-hybridized carbons (Fsp3) is 0.429. The molecule has 0 spiro atoms. The second-order valence-electron chi connectivity index (χ2n) is 4.77. The number of hydrogen-bond acceptors (Lipinski definition) is 7. The molecule has 2 N–H and O–H groups in total. The molecule has 0 fully saturated rings. The molecular formula is C14H18N2O7S. The number of fused-ring (bicyclic) bond motifs is 1. The first-order valence-corrected chi connectivity index (χ1v) is 8.87. The number of esters is 1. The van der Waals surface area contributed by atoms with Crippen LogP contribution in [0.2, 0.25) is 0 Å². The van der Waals surface area contributed by atoms with Crippen molar-refractivity contribution in [2.24, 2.45) is 0 Å². The minimum atomic E-state index is -3.69. The van der Waals surface area contributed by atoms with Gasteiger partial charge in [0, 0.05) is 12.1 Å². The number of carbonyl (C=O) groups is 2. The zero-order chi connectivity index (χ0) is 17.6. The maximum atomic E-state index is 12.0. The van der Waals surface area contributed by atoms with Crippen LogP contribution in [0.25, 0.3) is 0 Å². The first kappa shape index (κ1) is 18.0. The molecule has 1 amide bonds. The molecule has 9 nitrogen and oxygen atoms in total. The van der Waals surface area contributed by atoms with Gasteiger partial charge in [-0.05, 0) is 25.1 Å². The Morgan fingerprint density at radius 2 is 2.00 bits per heavy atom. The van der Waals surface area contributed by atoms with Crippen LogP contribution in [0.1, 0.15) is 17.3 Å². The lowest BCUT2D eigenvalue weighted by Gasteiger charge is -2.08. The van der Waals surface area contributed by atoms with E-state index >= 15 is 0 Å². The quantitative estimate of drug-likeness (QED) is 0.608. The third kappa shape index (κ3) is 5.10. The summed E-state index contributed by atoms with van der Waals surface area (Å²) < 4.78 is 40.4. The van der Waals surface area contributed by atoms with E-state index in [-0.39, 0.29) is 25.7 Å². The number of rotatable bonds is 8. The van der Waals surface area contributed by atoms with Gasteiger partial charge >= 0.3 is 5.97 Å². The fourth-order valence-corrected chi connectivity index (χ4v) is 2.74. The molecule has 1 aliphatic rings. The highest BCUT2D eigenvalue weighted by molar-refractivity contribution is 7.89. The smallest absolute Gasteiger partial charge is 0.320 e. The molecule has 1 aliphatic heterocycles. The van der Waals surface area contributed by atoms with E-state index < -0.39 is 28.4 Å². The lowest BCUT2D eigenvalue weighted by Crippen LogP contribution is -2.37. The number of sulfonamides is 1. The van der Waals surface area contributed by atoms with E-state index in [9.17, 15) is 18.0 Å². The van der Waals surface area contributed by atoms with E-state index in [1.54, 1.807) is 19.1 Å². The monoisotopic (exact) mass is 358 g/mol. The molecule has 0 saturated carbocycles. The second kappa shape index (κ2) is 7.97. The Hall–Kier alpha value is -2.33. The second-order valence-corrected chi connectivity index (χ2v) is 6.70. The van der Waals surface area contributed by atoms with Crippen LogP contribution in [-0.4, -0.2) is 52.5 Å². The van der Waals surface area contributed by atoms with Crippen LogP contribution in [0.5, 0.6) is 11.5 Å². The SMILES string of the molecule is CCOC(=O)CNS(=O)(=O)CCNC(=O)c1ccc2c(c1)OCO2. The first-order valence-electron chi connectivity index (χ1n) is 7.22. The molecule has 0 unspecified atom stereocenters. The first-order chi connectivity index (χ1) is 11.4. The summed E-state index contributed by atoms with van der Waals surface area (Å²) in [7, 11) is -3.69. The molecule has 0 aliphatic carbocycles. The Kier molecular flexibility index (Phi) is 5.99. The lowest BCUT2D eigenvalue weighted by molar-refractivity contribution is -0.141. The van der Waals surface area contributed by atoms with Gasteiger partial charge in [-0.2, -0.15) is 0 Å². The average Bonchev–Trinajstić information content (AvgIpc) is 3.00. The van der Waals surface area contributed by atoms with Crippen molar-refractivity contribution in [3.05, 3.63) is 23.8 Å². The summed E-state index contributed by atoms with van der Waals surface area (Å²) in [5, 5.41) is 2.49. The maximum absolute atomic E-state index is 12.0. The van der Waals surface area contributed by atoms with E-state index in [0.717, 1.165) is 0 Å². The Morgan fingerprint density at radius 3 is 2.75 bits per heavy atom. The van der Waals surface area contributed by atoms with Crippen molar-refractivity contribution in [1.29, 1.82) is 0 Å². The highest BCUT2D eigenvalue weighted by Crippen LogP contribution is 2.32. The zero-order valence-electron chi connectivity index (χ0n) is 13.0. The standard InChI is InChI=1S/C14H18N2O7S/c1-2-21-13(17)8-16-24(19,20)6-5-15-14(18)10-3-4-11-12(7-10)23-9-22-11/h3-4,7,16H,2,5-6,8-9H2,1H3,(H,15,18). The van der Waals surface area contributed by atoms with Crippen LogP contribution in [0.15, 0.2) is 18.2 Å². The van der Waals surface area contributed by atoms with Gasteiger partial charge in [-0.15, -0.1) is 0 Å². The van der Waals surface area contributed by atoms with Crippen molar-refractivity contribution in [3.8, 4) is 11.5 Å². The molecule has 0 aromatic heterocycles. The highest BCUT2D eigenvalue weighted by Gasteiger charge is 2.17. The molecule has 132 valence electrons. The molecule has 2 rings (SSSR count). The summed E-state index contributed by atoms with van der Waals surface area (Å²) in [5.41, 5.74) is 0.330. The van der Waals surface area contributed by atoms with Crippen LogP contribution < -0.4 is 19.5 Å². The van der Waals surface area contributed by atoms with E-state index in [0.29, 0.717) is 17.1 Å². The molecule has 0 saturated heterocycles. The summed E-state index contributed by atoms with van der Waals surface area (Å²) in [6, 6.07) is 4.68. The number of benzene rings is 1. The number of amides is 1. The largest absolute Gasteiger partial charge is 0.465 e. The third-order valence-corrected chi connectivity index (χ3v) is 4.36. The summed E-state index contributed by atoms with van der Waals surface area (Å²) in [4.78, 5) is 23.1. The van der Waals surface area contributed by atoms with E-state index in [1.807, 2.05) is 0 Å². The molecule has 0 radical (unpaired) electrons. The predicted octanol–water partition coefficient (Wildman–Crippen LogP) is -0.372. The van der Waals surface area contributed by atoms with E-state index in [4.69, 9.17) is 9.47 Å². The van der Waals surface area contributed by atoms with Crippen molar-refractivity contribution in [3.63, 3.8) is 0 Å². The van der Waals surface area contributed by atoms with Gasteiger partial charge in [-0.1, -0.05) is 0 Å². The third-order valence-electron chi connectivity index (χ3n) is 3.03. The van der Waals surface area contributed by atoms with Crippen molar-refractivity contribution in [1.82, 2.24) is 10.0 Å². The van der Waals surface area contributed by atoms with Crippen molar-refractivity contribution in [2.45, 2.75) is 6.92 Å². The minimum Gasteiger partial charge on any atom is -0.465 e. The molecule has 1 heterocycles. The number of carbonyl (C=O) groups excluding carboxylic acids is 2. The summed E-state index contributed by atoms with van der Waals surface area (Å²) in [5.74, 6) is -0.439. The molecule has 0 atom stereocenters. The van der Waals surface area contributed by atoms with Crippen molar-refractivity contribution >= 4 is 21.9 Å². The predicted molar refractivity (Wildman–Crippen MR) is 83.3 cm³/mol. The van der Waals surface area contributed by atoms with Gasteiger partial charge in [-0.3, -0.25) is 9.59 Å². The summed E-state index contributed by atoms with van der Waals surface area (Å²) >= 11 is 0. The Morgan fingerprint density at radius 1 is 1.25 bits per heavy atom. The van der Waals surface area contributed by atoms with Crippen molar-refractivity contribution < 1.29 is 32.2 Å². The average molecular weight is 358 g/mol. The van der Waals surface area contributed by atoms with Gasteiger partial charge in [-0.25, -0.2) is 13.1 Å². The molecule has 10 heteroatoms. The van der Waals surface area contributed by atoms with E-state index in [2.05, 4.69) is 14.8 Å². The molecule has 0 bridgehead atoms. The van der Waals surface area contributed by atoms with Crippen LogP contribution in [0, 0.1) is 0 Å². The van der Waals surface area contributed by atoms with Gasteiger partial charge in [0.05, 0.1) is 12.4 Å². The van der Waals surface area contributed by atoms with Crippen LogP contribution in [-0.2, 0) is 19.6 Å². The van der Waals surface area contributed by atoms with Gasteiger partial charge < -0.3 is 19.5 Å². The van der Waals surface area contributed by atoms with Crippen LogP contribution in [0.4, 0.5) is 0 Å². The molecule has 1 aromatic carbocycles. The Bertz CT molecular complexity index is 718. The maximum Gasteiger partial charge on any atom is 0.320 e. The number of hydrogen-bond donors (Lipinski definition) is 2. The van der Waals surface area contributed by atoms with Crippen LogP contribution in [0.3, 0.4) is 0 Å². The lowest BCUT2D eigenvalue weighted by atomic mass is 10.2. The number of ether oxygens (including phenoxy) is 3. The van der Waals surface area contributed by atoms with Gasteiger partial charge in [0.1, 0.15) is 6.54 Å². The van der Waals surface area contributed by atoms with Gasteiger partial charge in [0.25, 0.3) is 5.91 Å². The summed E-state index contributed by atoms with van der Waals surface area (Å²) in [6.07, 6.45) is 0.